The molecule has 1 aromatic rings. The Morgan fingerprint density at radius 3 is 2.92 bits per heavy atom. The van der Waals surface area contributed by atoms with Crippen LogP contribution in [-0.2, 0) is 9.53 Å². The Labute approximate surface area is 75.4 Å². The Balaban J connectivity index is 2.74. The van der Waals surface area contributed by atoms with Crippen LogP contribution in [0.3, 0.4) is 0 Å². The normalized spacial score (nSPS) is 12.2. The van der Waals surface area contributed by atoms with E-state index in [4.69, 9.17) is 4.42 Å². The summed E-state index contributed by atoms with van der Waals surface area (Å²) in [4.78, 5) is 10.9. The first kappa shape index (κ1) is 9.54. The van der Waals surface area contributed by atoms with Crippen molar-refractivity contribution in [3.8, 4) is 0 Å². The molecule has 0 amide bonds. The molecule has 4 nitrogen and oxygen atoms in total. The van der Waals surface area contributed by atoms with Gasteiger partial charge >= 0.3 is 5.97 Å². The molecule has 1 rings (SSSR count). The van der Waals surface area contributed by atoms with Crippen LogP contribution < -0.4 is 0 Å². The first-order valence-electron chi connectivity index (χ1n) is 3.64. The number of esters is 1. The van der Waals surface area contributed by atoms with Gasteiger partial charge in [0.15, 0.2) is 0 Å². The summed E-state index contributed by atoms with van der Waals surface area (Å²) in [6.45, 7) is 3.42. The zero-order chi connectivity index (χ0) is 9.84. The number of carbonyl (C=O) groups is 1. The SMILES string of the molecule is C=C(C(=O)OC)C(O)c1ccoc1. The third-order valence-electron chi connectivity index (χ3n) is 1.64. The molecule has 1 unspecified atom stereocenters. The molecule has 13 heavy (non-hydrogen) atoms. The van der Waals surface area contributed by atoms with E-state index in [-0.39, 0.29) is 5.57 Å². The third-order valence-corrected chi connectivity index (χ3v) is 1.64. The lowest BCUT2D eigenvalue weighted by Gasteiger charge is -2.08. The van der Waals surface area contributed by atoms with E-state index in [1.54, 1.807) is 6.07 Å². The highest BCUT2D eigenvalue weighted by molar-refractivity contribution is 5.88. The molecule has 4 heteroatoms. The smallest absolute Gasteiger partial charge is 0.336 e. The van der Waals surface area contributed by atoms with Gasteiger partial charge in [0.05, 0.1) is 25.2 Å². The van der Waals surface area contributed by atoms with Gasteiger partial charge < -0.3 is 14.3 Å². The Bertz CT molecular complexity index is 299. The van der Waals surface area contributed by atoms with Crippen molar-refractivity contribution in [2.45, 2.75) is 6.10 Å². The highest BCUT2D eigenvalue weighted by atomic mass is 16.5. The molecule has 0 spiro atoms. The summed E-state index contributed by atoms with van der Waals surface area (Å²) in [6.07, 6.45) is 1.69. The first-order chi connectivity index (χ1) is 6.16. The molecule has 0 aliphatic carbocycles. The summed E-state index contributed by atoms with van der Waals surface area (Å²) in [6, 6.07) is 1.55. The van der Waals surface area contributed by atoms with E-state index in [2.05, 4.69) is 11.3 Å². The quantitative estimate of drug-likeness (QED) is 0.560. The van der Waals surface area contributed by atoms with E-state index >= 15 is 0 Å². The zero-order valence-electron chi connectivity index (χ0n) is 7.19. The minimum atomic E-state index is -1.06. The summed E-state index contributed by atoms with van der Waals surface area (Å²) in [7, 11) is 1.23. The van der Waals surface area contributed by atoms with Crippen molar-refractivity contribution in [2.24, 2.45) is 0 Å². The van der Waals surface area contributed by atoms with Crippen molar-refractivity contribution in [3.05, 3.63) is 36.3 Å². The number of hydrogen-bond donors (Lipinski definition) is 1. The standard InChI is InChI=1S/C9H10O4/c1-6(9(11)12-2)8(10)7-3-4-13-5-7/h3-5,8,10H,1H2,2H3. The molecular formula is C9H10O4. The van der Waals surface area contributed by atoms with Crippen molar-refractivity contribution < 1.29 is 19.1 Å². The van der Waals surface area contributed by atoms with Crippen LogP contribution in [0.15, 0.2) is 35.2 Å². The summed E-state index contributed by atoms with van der Waals surface area (Å²) < 4.78 is 9.15. The van der Waals surface area contributed by atoms with Crippen LogP contribution in [0, 0.1) is 0 Å². The number of hydrogen-bond acceptors (Lipinski definition) is 4. The highest BCUT2D eigenvalue weighted by Crippen LogP contribution is 2.20. The largest absolute Gasteiger partial charge is 0.472 e. The van der Waals surface area contributed by atoms with Crippen LogP contribution in [0.25, 0.3) is 0 Å². The van der Waals surface area contributed by atoms with Crippen molar-refractivity contribution >= 4 is 5.97 Å². The molecule has 0 saturated heterocycles. The van der Waals surface area contributed by atoms with E-state index in [1.165, 1.54) is 19.6 Å². The van der Waals surface area contributed by atoms with E-state index < -0.39 is 12.1 Å². The molecule has 1 N–H and O–H groups in total. The van der Waals surface area contributed by atoms with Gasteiger partial charge in [-0.3, -0.25) is 0 Å². The maximum Gasteiger partial charge on any atom is 0.336 e. The van der Waals surface area contributed by atoms with Crippen molar-refractivity contribution in [2.75, 3.05) is 7.11 Å². The van der Waals surface area contributed by atoms with Gasteiger partial charge in [0.2, 0.25) is 0 Å². The molecule has 0 aliphatic heterocycles. The van der Waals surface area contributed by atoms with E-state index in [9.17, 15) is 9.90 Å². The van der Waals surface area contributed by atoms with Gasteiger partial charge in [-0.05, 0) is 6.07 Å². The van der Waals surface area contributed by atoms with Gasteiger partial charge in [-0.1, -0.05) is 6.58 Å². The monoisotopic (exact) mass is 182 g/mol. The number of methoxy groups -OCH3 is 1. The van der Waals surface area contributed by atoms with Gasteiger partial charge in [0.1, 0.15) is 6.10 Å². The van der Waals surface area contributed by atoms with Gasteiger partial charge in [0.25, 0.3) is 0 Å². The van der Waals surface area contributed by atoms with Crippen molar-refractivity contribution in [3.63, 3.8) is 0 Å². The summed E-state index contributed by atoms with van der Waals surface area (Å²) >= 11 is 0. The van der Waals surface area contributed by atoms with E-state index in [0.717, 1.165) is 0 Å². The summed E-state index contributed by atoms with van der Waals surface area (Å²) in [5.74, 6) is -0.631. The predicted octanol–water partition coefficient (Wildman–Crippen LogP) is 1.04. The zero-order valence-corrected chi connectivity index (χ0v) is 7.19. The summed E-state index contributed by atoms with van der Waals surface area (Å²) in [5.41, 5.74) is 0.472. The lowest BCUT2D eigenvalue weighted by molar-refractivity contribution is -0.137. The van der Waals surface area contributed by atoms with Crippen LogP contribution >= 0.6 is 0 Å². The molecule has 1 heterocycles. The third kappa shape index (κ3) is 1.97. The van der Waals surface area contributed by atoms with Gasteiger partial charge in [-0.15, -0.1) is 0 Å². The van der Waals surface area contributed by atoms with Gasteiger partial charge in [0, 0.05) is 5.56 Å². The second kappa shape index (κ2) is 3.91. The highest BCUT2D eigenvalue weighted by Gasteiger charge is 2.19. The van der Waals surface area contributed by atoms with Gasteiger partial charge in [-0.2, -0.15) is 0 Å². The molecule has 1 aromatic heterocycles. The average Bonchev–Trinajstić information content (AvgIpc) is 2.67. The molecule has 0 fully saturated rings. The molecule has 0 radical (unpaired) electrons. The topological polar surface area (TPSA) is 59.7 Å². The van der Waals surface area contributed by atoms with Crippen LogP contribution in [0.2, 0.25) is 0 Å². The number of ether oxygens (including phenoxy) is 1. The second-order valence-corrected chi connectivity index (χ2v) is 2.48. The van der Waals surface area contributed by atoms with E-state index in [0.29, 0.717) is 5.56 Å². The van der Waals surface area contributed by atoms with Crippen LogP contribution in [0.1, 0.15) is 11.7 Å². The maximum atomic E-state index is 10.9. The Hall–Kier alpha value is -1.55. The summed E-state index contributed by atoms with van der Waals surface area (Å²) in [5, 5.41) is 9.52. The van der Waals surface area contributed by atoms with E-state index in [1.807, 2.05) is 0 Å². The fourth-order valence-electron chi connectivity index (χ4n) is 0.874. The molecule has 70 valence electrons. The molecule has 1 atom stereocenters. The fraction of sp³-hybridized carbons (Fsp3) is 0.222. The molecule has 0 aliphatic rings. The molecule has 0 aromatic carbocycles. The molecular weight excluding hydrogens is 172 g/mol. The average molecular weight is 182 g/mol. The molecule has 0 saturated carbocycles. The fourth-order valence-corrected chi connectivity index (χ4v) is 0.874. The number of aliphatic hydroxyl groups excluding tert-OH is 1. The lowest BCUT2D eigenvalue weighted by Crippen LogP contribution is -2.11. The number of carbonyl (C=O) groups excluding carboxylic acids is 1. The van der Waals surface area contributed by atoms with Crippen LogP contribution in [0.4, 0.5) is 0 Å². The predicted molar refractivity (Wildman–Crippen MR) is 44.8 cm³/mol. The minimum Gasteiger partial charge on any atom is -0.472 e. The van der Waals surface area contributed by atoms with Crippen molar-refractivity contribution in [1.82, 2.24) is 0 Å². The Morgan fingerprint density at radius 1 is 1.77 bits per heavy atom. The second-order valence-electron chi connectivity index (χ2n) is 2.48. The Kier molecular flexibility index (Phi) is 2.87. The van der Waals surface area contributed by atoms with Crippen LogP contribution in [-0.4, -0.2) is 18.2 Å². The lowest BCUT2D eigenvalue weighted by atomic mass is 10.1. The van der Waals surface area contributed by atoms with Crippen LogP contribution in [0.5, 0.6) is 0 Å². The van der Waals surface area contributed by atoms with Gasteiger partial charge in [-0.25, -0.2) is 4.79 Å². The number of aliphatic hydroxyl groups is 1. The maximum absolute atomic E-state index is 10.9. The Morgan fingerprint density at radius 2 is 2.46 bits per heavy atom. The number of furan rings is 1. The molecule has 0 bridgehead atoms. The number of rotatable bonds is 3. The minimum absolute atomic E-state index is 0.0103. The first-order valence-corrected chi connectivity index (χ1v) is 3.64. The van der Waals surface area contributed by atoms with Crippen molar-refractivity contribution in [1.29, 1.82) is 0 Å².